The van der Waals surface area contributed by atoms with Crippen LogP contribution in [0.15, 0.2) is 18.3 Å². The number of likely N-dealkylation sites (tertiary alicyclic amines) is 1. The van der Waals surface area contributed by atoms with E-state index in [2.05, 4.69) is 47.4 Å². The number of aromatic amines is 1. The van der Waals surface area contributed by atoms with Crippen molar-refractivity contribution < 1.29 is 4.79 Å². The zero-order chi connectivity index (χ0) is 17.4. The van der Waals surface area contributed by atoms with Gasteiger partial charge < -0.3 is 20.1 Å². The van der Waals surface area contributed by atoms with E-state index in [-0.39, 0.29) is 6.03 Å². The second-order valence-electron chi connectivity index (χ2n) is 7.54. The summed E-state index contributed by atoms with van der Waals surface area (Å²) in [6.45, 7) is 9.31. The summed E-state index contributed by atoms with van der Waals surface area (Å²) >= 11 is 0. The number of hydrogen-bond donors (Lipinski definition) is 2. The predicted octanol–water partition coefficient (Wildman–Crippen LogP) is 2.82. The number of piperidine rings is 1. The van der Waals surface area contributed by atoms with Gasteiger partial charge in [0, 0.05) is 55.9 Å². The molecule has 134 valence electrons. The van der Waals surface area contributed by atoms with Crippen LogP contribution in [0.1, 0.15) is 29.5 Å². The molecule has 2 saturated heterocycles. The van der Waals surface area contributed by atoms with Crippen LogP contribution in [-0.4, -0.2) is 59.6 Å². The molecule has 0 aliphatic carbocycles. The van der Waals surface area contributed by atoms with Crippen LogP contribution in [0.3, 0.4) is 0 Å². The first-order chi connectivity index (χ1) is 12.1. The minimum atomic E-state index is 0.128. The Bertz CT molecular complexity index is 773. The Morgan fingerprint density at radius 1 is 1.12 bits per heavy atom. The van der Waals surface area contributed by atoms with Crippen LogP contribution >= 0.6 is 0 Å². The highest BCUT2D eigenvalue weighted by molar-refractivity contribution is 5.84. The molecule has 0 radical (unpaired) electrons. The second-order valence-corrected chi connectivity index (χ2v) is 7.54. The van der Waals surface area contributed by atoms with Crippen molar-refractivity contribution in [2.24, 2.45) is 0 Å². The summed E-state index contributed by atoms with van der Waals surface area (Å²) < 4.78 is 0. The summed E-state index contributed by atoms with van der Waals surface area (Å²) in [6, 6.07) is 5.12. The third-order valence-corrected chi connectivity index (χ3v) is 5.97. The number of rotatable bonds is 4. The molecule has 5 nitrogen and oxygen atoms in total. The quantitative estimate of drug-likeness (QED) is 0.899. The molecule has 2 N–H and O–H groups in total. The first-order valence-corrected chi connectivity index (χ1v) is 9.46. The molecule has 25 heavy (non-hydrogen) atoms. The topological polar surface area (TPSA) is 51.4 Å². The van der Waals surface area contributed by atoms with E-state index in [0.29, 0.717) is 6.04 Å². The number of carbonyl (C=O) groups excluding carboxylic acids is 1. The van der Waals surface area contributed by atoms with E-state index >= 15 is 0 Å². The van der Waals surface area contributed by atoms with Gasteiger partial charge in [0.1, 0.15) is 0 Å². The van der Waals surface area contributed by atoms with E-state index in [0.717, 1.165) is 52.0 Å². The van der Waals surface area contributed by atoms with Crippen LogP contribution in [0.4, 0.5) is 4.79 Å². The van der Waals surface area contributed by atoms with Crippen molar-refractivity contribution in [2.45, 2.75) is 39.2 Å². The van der Waals surface area contributed by atoms with Gasteiger partial charge in [-0.05, 0) is 61.9 Å². The van der Waals surface area contributed by atoms with Crippen LogP contribution in [0, 0.1) is 13.8 Å². The van der Waals surface area contributed by atoms with Gasteiger partial charge in [-0.1, -0.05) is 0 Å². The summed E-state index contributed by atoms with van der Waals surface area (Å²) in [5.74, 6) is 0. The zero-order valence-corrected chi connectivity index (χ0v) is 15.3. The van der Waals surface area contributed by atoms with Gasteiger partial charge in [0.05, 0.1) is 0 Å². The van der Waals surface area contributed by atoms with Gasteiger partial charge in [-0.3, -0.25) is 0 Å². The van der Waals surface area contributed by atoms with Crippen molar-refractivity contribution >= 4 is 16.9 Å². The normalized spacial score (nSPS) is 19.8. The molecule has 1 aromatic heterocycles. The minimum absolute atomic E-state index is 0.128. The Labute approximate surface area is 149 Å². The van der Waals surface area contributed by atoms with Crippen molar-refractivity contribution in [1.82, 2.24) is 20.1 Å². The van der Waals surface area contributed by atoms with E-state index in [1.807, 2.05) is 4.90 Å². The lowest BCUT2D eigenvalue weighted by atomic mass is 10.0. The van der Waals surface area contributed by atoms with Gasteiger partial charge in [0.25, 0.3) is 0 Å². The third-order valence-electron chi connectivity index (χ3n) is 5.97. The van der Waals surface area contributed by atoms with Crippen molar-refractivity contribution in [2.75, 3.05) is 32.7 Å². The molecule has 2 aromatic rings. The number of urea groups is 1. The molecule has 0 spiro atoms. The number of H-pyrrole nitrogens is 1. The highest BCUT2D eigenvalue weighted by atomic mass is 16.2. The summed E-state index contributed by atoms with van der Waals surface area (Å²) in [6.07, 6.45) is 5.45. The highest BCUT2D eigenvalue weighted by Gasteiger charge is 2.30. The maximum Gasteiger partial charge on any atom is 0.317 e. The van der Waals surface area contributed by atoms with E-state index in [9.17, 15) is 4.79 Å². The minimum Gasteiger partial charge on any atom is -0.361 e. The Hall–Kier alpha value is -2.01. The molecule has 2 aliphatic heterocycles. The fraction of sp³-hybridized carbons (Fsp3) is 0.550. The van der Waals surface area contributed by atoms with Crippen LogP contribution in [0.2, 0.25) is 0 Å². The average Bonchev–Trinajstić information content (AvgIpc) is 3.20. The number of nitrogens with zero attached hydrogens (tertiary/aromatic N) is 2. The monoisotopic (exact) mass is 340 g/mol. The van der Waals surface area contributed by atoms with E-state index in [1.54, 1.807) is 0 Å². The molecule has 0 atom stereocenters. The van der Waals surface area contributed by atoms with Crippen LogP contribution in [0.5, 0.6) is 0 Å². The van der Waals surface area contributed by atoms with Crippen molar-refractivity contribution in [3.8, 4) is 0 Å². The highest BCUT2D eigenvalue weighted by Crippen LogP contribution is 2.24. The smallest absolute Gasteiger partial charge is 0.317 e. The number of amides is 2. The van der Waals surface area contributed by atoms with Gasteiger partial charge in [-0.15, -0.1) is 0 Å². The fourth-order valence-corrected chi connectivity index (χ4v) is 4.22. The largest absolute Gasteiger partial charge is 0.361 e. The van der Waals surface area contributed by atoms with Gasteiger partial charge in [-0.25, -0.2) is 4.79 Å². The Kier molecular flexibility index (Phi) is 4.42. The number of aromatic nitrogens is 1. The molecule has 2 amide bonds. The number of nitrogens with one attached hydrogen (secondary N) is 2. The van der Waals surface area contributed by atoms with E-state index < -0.39 is 0 Å². The fourth-order valence-electron chi connectivity index (χ4n) is 4.22. The predicted molar refractivity (Wildman–Crippen MR) is 101 cm³/mol. The van der Waals surface area contributed by atoms with Crippen molar-refractivity contribution in [1.29, 1.82) is 0 Å². The molecule has 5 heteroatoms. The van der Waals surface area contributed by atoms with E-state index in [1.165, 1.54) is 27.6 Å². The standard InChI is InChI=1S/C20H28N4O/c1-14-11-18-16(13-22-19(18)12-15(14)2)3-7-23-8-4-17(5-9-23)24-10-6-21-20(24)25/h11-13,17,22H,3-10H2,1-2H3,(H,21,25). The molecule has 1 aromatic carbocycles. The van der Waals surface area contributed by atoms with Crippen LogP contribution in [-0.2, 0) is 6.42 Å². The number of aryl methyl sites for hydroxylation is 2. The third kappa shape index (κ3) is 3.25. The Morgan fingerprint density at radius 3 is 2.60 bits per heavy atom. The lowest BCUT2D eigenvalue weighted by Crippen LogP contribution is -2.46. The summed E-state index contributed by atoms with van der Waals surface area (Å²) in [5, 5.41) is 4.28. The SMILES string of the molecule is Cc1cc2[nH]cc(CCN3CCC(N4CCNC4=O)CC3)c2cc1C. The van der Waals surface area contributed by atoms with Crippen molar-refractivity contribution in [3.63, 3.8) is 0 Å². The first kappa shape index (κ1) is 16.5. The molecule has 2 fully saturated rings. The number of hydrogen-bond acceptors (Lipinski definition) is 2. The Morgan fingerprint density at radius 2 is 1.88 bits per heavy atom. The van der Waals surface area contributed by atoms with Gasteiger partial charge in [0.2, 0.25) is 0 Å². The number of benzene rings is 1. The molecule has 3 heterocycles. The number of fused-ring (bicyclic) bond motifs is 1. The lowest BCUT2D eigenvalue weighted by molar-refractivity contribution is 0.137. The number of carbonyl (C=O) groups is 1. The molecule has 0 bridgehead atoms. The second kappa shape index (κ2) is 6.71. The van der Waals surface area contributed by atoms with Gasteiger partial charge in [-0.2, -0.15) is 0 Å². The maximum absolute atomic E-state index is 11.8. The summed E-state index contributed by atoms with van der Waals surface area (Å²) in [5.41, 5.74) is 5.36. The average molecular weight is 340 g/mol. The van der Waals surface area contributed by atoms with Crippen molar-refractivity contribution in [3.05, 3.63) is 35.0 Å². The van der Waals surface area contributed by atoms with Gasteiger partial charge >= 0.3 is 6.03 Å². The zero-order valence-electron chi connectivity index (χ0n) is 15.3. The summed E-state index contributed by atoms with van der Waals surface area (Å²) in [7, 11) is 0. The maximum atomic E-state index is 11.8. The molecular weight excluding hydrogens is 312 g/mol. The summed E-state index contributed by atoms with van der Waals surface area (Å²) in [4.78, 5) is 19.8. The molecule has 4 rings (SSSR count). The van der Waals surface area contributed by atoms with Crippen LogP contribution < -0.4 is 5.32 Å². The lowest BCUT2D eigenvalue weighted by Gasteiger charge is -2.36. The molecular formula is C20H28N4O. The molecule has 2 aliphatic rings. The Balaban J connectivity index is 1.34. The molecule has 0 saturated carbocycles. The van der Waals surface area contributed by atoms with Crippen LogP contribution in [0.25, 0.3) is 10.9 Å². The van der Waals surface area contributed by atoms with Gasteiger partial charge in [0.15, 0.2) is 0 Å². The first-order valence-electron chi connectivity index (χ1n) is 9.46. The van der Waals surface area contributed by atoms with E-state index in [4.69, 9.17) is 0 Å². The molecule has 0 unspecified atom stereocenters.